The normalized spacial score (nSPS) is 13.1. The van der Waals surface area contributed by atoms with Crippen LogP contribution in [0.1, 0.15) is 20.8 Å². The Kier molecular flexibility index (Phi) is 4.61. The largest absolute Gasteiger partial charge is 0.420 e. The molecule has 11 heavy (non-hydrogen) atoms. The van der Waals surface area contributed by atoms with Crippen molar-refractivity contribution in [1.29, 1.82) is 0 Å². The molecule has 1 amide bonds. The van der Waals surface area contributed by atoms with Crippen LogP contribution < -0.4 is 5.73 Å². The van der Waals surface area contributed by atoms with E-state index in [9.17, 15) is 4.79 Å². The molecular weight excluding hydrogens is 146 g/mol. The number of rotatable bonds is 4. The molecule has 2 N–H and O–H groups in total. The van der Waals surface area contributed by atoms with E-state index < -0.39 is 12.4 Å². The van der Waals surface area contributed by atoms with Crippen molar-refractivity contribution in [2.75, 3.05) is 6.61 Å². The third-order valence-corrected chi connectivity index (χ3v) is 0.946. The van der Waals surface area contributed by atoms with Crippen molar-refractivity contribution in [3.05, 3.63) is 0 Å². The van der Waals surface area contributed by atoms with Crippen molar-refractivity contribution in [2.45, 2.75) is 27.1 Å². The topological polar surface area (TPSA) is 61.6 Å². The Morgan fingerprint density at radius 2 is 2.00 bits per heavy atom. The molecule has 66 valence electrons. The fourth-order valence-corrected chi connectivity index (χ4v) is 0.526. The summed E-state index contributed by atoms with van der Waals surface area (Å²) in [5, 5.41) is 0. The highest BCUT2D eigenvalue weighted by Gasteiger charge is 2.05. The summed E-state index contributed by atoms with van der Waals surface area (Å²) in [4.78, 5) is 10.2. The van der Waals surface area contributed by atoms with Crippen LogP contribution in [0.25, 0.3) is 0 Å². The highest BCUT2D eigenvalue weighted by molar-refractivity contribution is 5.64. The fourth-order valence-electron chi connectivity index (χ4n) is 0.526. The summed E-state index contributed by atoms with van der Waals surface area (Å²) in [5.74, 6) is 0.425. The third kappa shape index (κ3) is 7.12. The summed E-state index contributed by atoms with van der Waals surface area (Å²) in [7, 11) is 0. The first-order valence-corrected chi connectivity index (χ1v) is 3.60. The molecule has 0 bridgehead atoms. The van der Waals surface area contributed by atoms with Crippen LogP contribution in [0.4, 0.5) is 4.79 Å². The molecule has 0 aliphatic carbocycles. The van der Waals surface area contributed by atoms with Crippen LogP contribution in [0, 0.1) is 5.92 Å². The minimum atomic E-state index is -0.804. The maximum atomic E-state index is 10.2. The molecule has 0 heterocycles. The van der Waals surface area contributed by atoms with Crippen LogP contribution in [-0.4, -0.2) is 19.0 Å². The van der Waals surface area contributed by atoms with Gasteiger partial charge in [-0.05, 0) is 12.8 Å². The molecule has 1 unspecified atom stereocenters. The summed E-state index contributed by atoms with van der Waals surface area (Å²) in [5.41, 5.74) is 4.76. The molecule has 0 spiro atoms. The van der Waals surface area contributed by atoms with Gasteiger partial charge in [-0.25, -0.2) is 4.79 Å². The van der Waals surface area contributed by atoms with Gasteiger partial charge >= 0.3 is 6.09 Å². The van der Waals surface area contributed by atoms with Gasteiger partial charge in [0.05, 0.1) is 6.61 Å². The minimum absolute atomic E-state index is 0.425. The zero-order valence-electron chi connectivity index (χ0n) is 7.16. The lowest BCUT2D eigenvalue weighted by atomic mass is 10.2. The first-order chi connectivity index (χ1) is 5.02. The molecule has 0 aliphatic heterocycles. The van der Waals surface area contributed by atoms with E-state index in [0.717, 1.165) is 0 Å². The molecule has 1 atom stereocenters. The lowest BCUT2D eigenvalue weighted by Crippen LogP contribution is -2.23. The molecule has 0 saturated carbocycles. The number of ether oxygens (including phenoxy) is 2. The molecule has 0 aromatic heterocycles. The Labute approximate surface area is 66.7 Å². The number of hydrogen-bond donors (Lipinski definition) is 1. The number of primary amides is 1. The van der Waals surface area contributed by atoms with Crippen LogP contribution >= 0.6 is 0 Å². The number of amides is 1. The molecule has 0 rings (SSSR count). The summed E-state index contributed by atoms with van der Waals surface area (Å²) >= 11 is 0. The maximum absolute atomic E-state index is 10.2. The highest BCUT2D eigenvalue weighted by Crippen LogP contribution is 1.98. The maximum Gasteiger partial charge on any atom is 0.406 e. The van der Waals surface area contributed by atoms with E-state index in [2.05, 4.69) is 4.74 Å². The van der Waals surface area contributed by atoms with Crippen molar-refractivity contribution in [3.63, 3.8) is 0 Å². The predicted octanol–water partition coefficient (Wildman–Crippen LogP) is 1.10. The van der Waals surface area contributed by atoms with Gasteiger partial charge in [0, 0.05) is 0 Å². The Hall–Kier alpha value is -0.770. The van der Waals surface area contributed by atoms with Crippen LogP contribution in [0.2, 0.25) is 0 Å². The molecule has 0 aromatic rings. The minimum Gasteiger partial charge on any atom is -0.420 e. The van der Waals surface area contributed by atoms with Crippen LogP contribution in [0.15, 0.2) is 0 Å². The lowest BCUT2D eigenvalue weighted by molar-refractivity contribution is -0.0962. The zero-order chi connectivity index (χ0) is 8.85. The van der Waals surface area contributed by atoms with E-state index in [1.54, 1.807) is 6.92 Å². The van der Waals surface area contributed by atoms with Gasteiger partial charge in [-0.15, -0.1) is 0 Å². The summed E-state index contributed by atoms with van der Waals surface area (Å²) in [6.45, 7) is 6.22. The first-order valence-electron chi connectivity index (χ1n) is 3.60. The van der Waals surface area contributed by atoms with E-state index in [0.29, 0.717) is 12.5 Å². The van der Waals surface area contributed by atoms with Crippen LogP contribution in [0.3, 0.4) is 0 Å². The molecule has 0 radical (unpaired) electrons. The Bertz CT molecular complexity index is 125. The molecule has 4 heteroatoms. The first kappa shape index (κ1) is 10.2. The van der Waals surface area contributed by atoms with Gasteiger partial charge in [0.15, 0.2) is 0 Å². The van der Waals surface area contributed by atoms with E-state index in [4.69, 9.17) is 10.5 Å². The van der Waals surface area contributed by atoms with Crippen LogP contribution in [-0.2, 0) is 9.47 Å². The van der Waals surface area contributed by atoms with Gasteiger partial charge in [0.1, 0.15) is 0 Å². The molecule has 4 nitrogen and oxygen atoms in total. The van der Waals surface area contributed by atoms with Crippen molar-refractivity contribution in [1.82, 2.24) is 0 Å². The Morgan fingerprint density at radius 3 is 2.36 bits per heavy atom. The number of nitrogens with two attached hydrogens (primary N) is 1. The SMILES string of the molecule is CC(C)COC(C)OC(N)=O. The van der Waals surface area contributed by atoms with E-state index >= 15 is 0 Å². The van der Waals surface area contributed by atoms with Gasteiger partial charge in [-0.1, -0.05) is 13.8 Å². The average Bonchev–Trinajstić information content (AvgIpc) is 1.82. The van der Waals surface area contributed by atoms with Gasteiger partial charge in [0.25, 0.3) is 0 Å². The quantitative estimate of drug-likeness (QED) is 0.628. The van der Waals surface area contributed by atoms with Gasteiger partial charge in [-0.2, -0.15) is 0 Å². The Balaban J connectivity index is 3.37. The standard InChI is InChI=1S/C7H15NO3/c1-5(2)4-10-6(3)11-7(8)9/h5-6H,4H2,1-3H3,(H2,8,9). The van der Waals surface area contributed by atoms with Gasteiger partial charge in [0.2, 0.25) is 6.29 Å². The summed E-state index contributed by atoms with van der Waals surface area (Å²) in [6, 6.07) is 0. The second kappa shape index (κ2) is 4.96. The smallest absolute Gasteiger partial charge is 0.406 e. The number of hydrogen-bond acceptors (Lipinski definition) is 3. The molecule has 0 aromatic carbocycles. The van der Waals surface area contributed by atoms with E-state index in [-0.39, 0.29) is 0 Å². The molecule has 0 fully saturated rings. The van der Waals surface area contributed by atoms with Crippen molar-refractivity contribution in [2.24, 2.45) is 11.7 Å². The summed E-state index contributed by atoms with van der Waals surface area (Å²) in [6.07, 6.45) is -1.35. The molecular formula is C7H15NO3. The average molecular weight is 161 g/mol. The molecule has 0 aliphatic rings. The van der Waals surface area contributed by atoms with E-state index in [1.807, 2.05) is 13.8 Å². The lowest BCUT2D eigenvalue weighted by Gasteiger charge is -2.13. The second-order valence-electron chi connectivity index (χ2n) is 2.73. The zero-order valence-corrected chi connectivity index (χ0v) is 7.16. The van der Waals surface area contributed by atoms with Gasteiger partial charge in [-0.3, -0.25) is 0 Å². The number of carbonyl (C=O) groups is 1. The Morgan fingerprint density at radius 1 is 1.45 bits per heavy atom. The van der Waals surface area contributed by atoms with E-state index in [1.165, 1.54) is 0 Å². The third-order valence-electron chi connectivity index (χ3n) is 0.946. The fraction of sp³-hybridized carbons (Fsp3) is 0.857. The van der Waals surface area contributed by atoms with Crippen molar-refractivity contribution in [3.8, 4) is 0 Å². The molecule has 0 saturated heterocycles. The van der Waals surface area contributed by atoms with Crippen molar-refractivity contribution >= 4 is 6.09 Å². The van der Waals surface area contributed by atoms with Crippen LogP contribution in [0.5, 0.6) is 0 Å². The predicted molar refractivity (Wildman–Crippen MR) is 40.9 cm³/mol. The summed E-state index contributed by atoms with van der Waals surface area (Å²) < 4.78 is 9.61. The number of carbonyl (C=O) groups excluding carboxylic acids is 1. The van der Waals surface area contributed by atoms with Gasteiger partial charge < -0.3 is 15.2 Å². The monoisotopic (exact) mass is 161 g/mol. The van der Waals surface area contributed by atoms with Crippen molar-refractivity contribution < 1.29 is 14.3 Å². The second-order valence-corrected chi connectivity index (χ2v) is 2.73. The highest BCUT2D eigenvalue weighted by atomic mass is 16.7.